The number of anilines is 1. The third-order valence-electron chi connectivity index (χ3n) is 5.23. The number of aromatic nitrogens is 3. The minimum Gasteiger partial charge on any atom is -0.320 e. The monoisotopic (exact) mass is 444 g/mol. The summed E-state index contributed by atoms with van der Waals surface area (Å²) < 4.78 is 15.5. The van der Waals surface area contributed by atoms with Crippen LogP contribution in [-0.2, 0) is 6.54 Å². The predicted molar refractivity (Wildman–Crippen MR) is 123 cm³/mol. The van der Waals surface area contributed by atoms with Crippen LogP contribution < -0.4 is 16.6 Å². The van der Waals surface area contributed by atoms with Gasteiger partial charge >= 0.3 is 5.69 Å². The second-order valence-electron chi connectivity index (χ2n) is 7.66. The Hall–Kier alpha value is -4.33. The third kappa shape index (κ3) is 4.64. The van der Waals surface area contributed by atoms with Crippen LogP contribution in [0.4, 0.5) is 10.1 Å². The standard InChI is InChI=1S/C25H21FN4O3/c1-16-10-12-21(13-11-16)30-25(33)29(15-18-7-4-3-6-17(18)2)24(32)22(28-30)23(31)27-20-9-5-8-19(26)14-20/h3-14H,15H2,1-2H3,(H,27,31). The van der Waals surface area contributed by atoms with Gasteiger partial charge in [0.15, 0.2) is 0 Å². The molecule has 0 bridgehead atoms. The second kappa shape index (κ2) is 9.04. The van der Waals surface area contributed by atoms with Gasteiger partial charge < -0.3 is 5.32 Å². The molecule has 4 rings (SSSR count). The summed E-state index contributed by atoms with van der Waals surface area (Å²) in [6.45, 7) is 3.74. The molecule has 1 N–H and O–H groups in total. The average Bonchev–Trinajstić information content (AvgIpc) is 2.78. The number of carbonyl (C=O) groups is 1. The largest absolute Gasteiger partial charge is 0.352 e. The Labute approximate surface area is 188 Å². The van der Waals surface area contributed by atoms with Gasteiger partial charge in [0, 0.05) is 5.69 Å². The molecule has 166 valence electrons. The first kappa shape index (κ1) is 21.9. The molecular weight excluding hydrogens is 423 g/mol. The smallest absolute Gasteiger partial charge is 0.320 e. The SMILES string of the molecule is Cc1ccc(-n2nc(C(=O)Nc3cccc(F)c3)c(=O)n(Cc3ccccc3C)c2=O)cc1. The predicted octanol–water partition coefficient (Wildman–Crippen LogP) is 3.45. The number of hydrogen-bond donors (Lipinski definition) is 1. The summed E-state index contributed by atoms with van der Waals surface area (Å²) in [4.78, 5) is 39.4. The van der Waals surface area contributed by atoms with E-state index in [0.717, 1.165) is 32.0 Å². The van der Waals surface area contributed by atoms with Crippen molar-refractivity contribution in [3.8, 4) is 5.69 Å². The van der Waals surface area contributed by atoms with Crippen molar-refractivity contribution < 1.29 is 9.18 Å². The number of nitrogens with one attached hydrogen (secondary N) is 1. The highest BCUT2D eigenvalue weighted by Gasteiger charge is 2.21. The lowest BCUT2D eigenvalue weighted by atomic mass is 10.1. The van der Waals surface area contributed by atoms with Crippen molar-refractivity contribution in [2.75, 3.05) is 5.32 Å². The Morgan fingerprint density at radius 2 is 1.70 bits per heavy atom. The lowest BCUT2D eigenvalue weighted by Gasteiger charge is -2.13. The quantitative estimate of drug-likeness (QED) is 0.511. The van der Waals surface area contributed by atoms with Gasteiger partial charge in [0.2, 0.25) is 5.69 Å². The first-order chi connectivity index (χ1) is 15.8. The van der Waals surface area contributed by atoms with E-state index in [1.165, 1.54) is 18.2 Å². The highest BCUT2D eigenvalue weighted by Crippen LogP contribution is 2.11. The Bertz CT molecular complexity index is 1460. The third-order valence-corrected chi connectivity index (χ3v) is 5.23. The van der Waals surface area contributed by atoms with Crippen molar-refractivity contribution in [2.45, 2.75) is 20.4 Å². The van der Waals surface area contributed by atoms with Crippen molar-refractivity contribution in [3.05, 3.63) is 122 Å². The summed E-state index contributed by atoms with van der Waals surface area (Å²) in [5.74, 6) is -1.38. The normalized spacial score (nSPS) is 10.8. The average molecular weight is 444 g/mol. The molecule has 1 aromatic heterocycles. The fourth-order valence-electron chi connectivity index (χ4n) is 3.37. The number of hydrogen-bond acceptors (Lipinski definition) is 4. The van der Waals surface area contributed by atoms with E-state index in [4.69, 9.17) is 0 Å². The molecule has 1 heterocycles. The first-order valence-corrected chi connectivity index (χ1v) is 10.3. The molecule has 0 saturated carbocycles. The van der Waals surface area contributed by atoms with Crippen LogP contribution in [-0.4, -0.2) is 20.3 Å². The molecule has 33 heavy (non-hydrogen) atoms. The molecule has 0 aliphatic carbocycles. The molecule has 7 nitrogen and oxygen atoms in total. The Morgan fingerprint density at radius 1 is 0.970 bits per heavy atom. The first-order valence-electron chi connectivity index (χ1n) is 10.3. The molecule has 0 radical (unpaired) electrons. The Balaban J connectivity index is 1.86. The molecule has 0 unspecified atom stereocenters. The van der Waals surface area contributed by atoms with Gasteiger partial charge in [-0.3, -0.25) is 14.2 Å². The van der Waals surface area contributed by atoms with Crippen molar-refractivity contribution in [1.82, 2.24) is 14.3 Å². The van der Waals surface area contributed by atoms with E-state index in [9.17, 15) is 18.8 Å². The summed E-state index contributed by atoms with van der Waals surface area (Å²) in [7, 11) is 0. The molecule has 1 amide bonds. The summed E-state index contributed by atoms with van der Waals surface area (Å²) in [5, 5.41) is 6.56. The molecule has 0 aliphatic heterocycles. The van der Waals surface area contributed by atoms with E-state index in [0.29, 0.717) is 5.69 Å². The van der Waals surface area contributed by atoms with Crippen molar-refractivity contribution in [1.29, 1.82) is 0 Å². The Morgan fingerprint density at radius 3 is 2.39 bits per heavy atom. The van der Waals surface area contributed by atoms with E-state index >= 15 is 0 Å². The van der Waals surface area contributed by atoms with Crippen LogP contribution in [0.1, 0.15) is 27.2 Å². The summed E-state index contributed by atoms with van der Waals surface area (Å²) in [6.07, 6.45) is 0. The number of aryl methyl sites for hydroxylation is 2. The van der Waals surface area contributed by atoms with Gasteiger partial charge in [-0.05, 0) is 55.3 Å². The second-order valence-corrected chi connectivity index (χ2v) is 7.66. The molecule has 0 saturated heterocycles. The van der Waals surface area contributed by atoms with Crippen molar-refractivity contribution >= 4 is 11.6 Å². The summed E-state index contributed by atoms with van der Waals surface area (Å²) >= 11 is 0. The molecular formula is C25H21FN4O3. The van der Waals surface area contributed by atoms with Gasteiger partial charge in [0.05, 0.1) is 12.2 Å². The van der Waals surface area contributed by atoms with Gasteiger partial charge in [-0.15, -0.1) is 0 Å². The Kier molecular flexibility index (Phi) is 5.99. The summed E-state index contributed by atoms with van der Waals surface area (Å²) in [5.41, 5.74) is 1.22. The minimum absolute atomic E-state index is 0.0288. The molecule has 8 heteroatoms. The van der Waals surface area contributed by atoms with E-state index in [1.807, 2.05) is 38.1 Å². The van der Waals surface area contributed by atoms with E-state index in [-0.39, 0.29) is 12.2 Å². The lowest BCUT2D eigenvalue weighted by Crippen LogP contribution is -2.45. The van der Waals surface area contributed by atoms with Gasteiger partial charge in [-0.25, -0.2) is 9.18 Å². The highest BCUT2D eigenvalue weighted by atomic mass is 19.1. The highest BCUT2D eigenvalue weighted by molar-refractivity contribution is 6.02. The maximum atomic E-state index is 13.5. The van der Waals surface area contributed by atoms with Gasteiger partial charge in [0.1, 0.15) is 5.82 Å². The van der Waals surface area contributed by atoms with Crippen LogP contribution in [0.5, 0.6) is 0 Å². The lowest BCUT2D eigenvalue weighted by molar-refractivity contribution is 0.101. The van der Waals surface area contributed by atoms with Crippen molar-refractivity contribution in [2.24, 2.45) is 0 Å². The maximum Gasteiger partial charge on any atom is 0.352 e. The number of halogens is 1. The van der Waals surface area contributed by atoms with Gasteiger partial charge in [-0.1, -0.05) is 48.0 Å². The minimum atomic E-state index is -0.843. The van der Waals surface area contributed by atoms with Crippen molar-refractivity contribution in [3.63, 3.8) is 0 Å². The summed E-state index contributed by atoms with van der Waals surface area (Å²) in [6, 6.07) is 19.6. The van der Waals surface area contributed by atoms with Crippen LogP contribution >= 0.6 is 0 Å². The van der Waals surface area contributed by atoms with Crippen LogP contribution in [0.3, 0.4) is 0 Å². The van der Waals surface area contributed by atoms with E-state index in [1.54, 1.807) is 24.3 Å². The van der Waals surface area contributed by atoms with Crippen LogP contribution in [0.25, 0.3) is 5.69 Å². The van der Waals surface area contributed by atoms with Crippen LogP contribution in [0.2, 0.25) is 0 Å². The number of carbonyl (C=O) groups excluding carboxylic acids is 1. The number of benzene rings is 3. The van der Waals surface area contributed by atoms with E-state index in [2.05, 4.69) is 10.4 Å². The molecule has 0 aliphatic rings. The number of amides is 1. The number of rotatable bonds is 5. The fraction of sp³-hybridized carbons (Fsp3) is 0.120. The topological polar surface area (TPSA) is 86.0 Å². The molecule has 0 atom stereocenters. The van der Waals surface area contributed by atoms with Crippen LogP contribution in [0.15, 0.2) is 82.4 Å². The maximum absolute atomic E-state index is 13.5. The molecule has 4 aromatic rings. The zero-order valence-corrected chi connectivity index (χ0v) is 18.1. The molecule has 0 fully saturated rings. The zero-order valence-electron chi connectivity index (χ0n) is 18.1. The molecule has 3 aromatic carbocycles. The van der Waals surface area contributed by atoms with Gasteiger partial charge in [-0.2, -0.15) is 9.78 Å². The van der Waals surface area contributed by atoms with Crippen LogP contribution in [0, 0.1) is 19.7 Å². The zero-order chi connectivity index (χ0) is 23.5. The number of nitrogens with zero attached hydrogens (tertiary/aromatic N) is 3. The fourth-order valence-corrected chi connectivity index (χ4v) is 3.37. The van der Waals surface area contributed by atoms with E-state index < -0.39 is 28.7 Å². The van der Waals surface area contributed by atoms with Gasteiger partial charge in [0.25, 0.3) is 11.5 Å². The molecule has 0 spiro atoms.